The second-order valence-electron chi connectivity index (χ2n) is 5.26. The van der Waals surface area contributed by atoms with Crippen LogP contribution in [-0.4, -0.2) is 30.7 Å². The summed E-state index contributed by atoms with van der Waals surface area (Å²) in [6.45, 7) is 3.57. The second kappa shape index (κ2) is 5.05. The van der Waals surface area contributed by atoms with E-state index in [-0.39, 0.29) is 0 Å². The Morgan fingerprint density at radius 2 is 2.00 bits per heavy atom. The van der Waals surface area contributed by atoms with E-state index in [1.807, 2.05) is 12.3 Å². The lowest BCUT2D eigenvalue weighted by atomic mass is 9.97. The first-order valence-corrected chi connectivity index (χ1v) is 6.82. The number of aromatic nitrogens is 1. The van der Waals surface area contributed by atoms with Crippen LogP contribution in [0.2, 0.25) is 0 Å². The molecule has 3 nitrogen and oxygen atoms in total. The Balaban J connectivity index is 1.67. The van der Waals surface area contributed by atoms with Crippen molar-refractivity contribution in [1.82, 2.24) is 10.3 Å². The molecule has 1 aromatic heterocycles. The predicted molar refractivity (Wildman–Crippen MR) is 70.2 cm³/mol. The van der Waals surface area contributed by atoms with Gasteiger partial charge in [0.25, 0.3) is 0 Å². The average molecular weight is 231 g/mol. The molecule has 0 amide bonds. The lowest BCUT2D eigenvalue weighted by Crippen LogP contribution is -2.37. The van der Waals surface area contributed by atoms with Crippen LogP contribution in [0.5, 0.6) is 0 Å². The van der Waals surface area contributed by atoms with Gasteiger partial charge in [-0.25, -0.2) is 4.98 Å². The number of anilines is 1. The van der Waals surface area contributed by atoms with Crippen molar-refractivity contribution in [1.29, 1.82) is 0 Å². The molecule has 0 unspecified atom stereocenters. The third-order valence-electron chi connectivity index (χ3n) is 3.84. The van der Waals surface area contributed by atoms with Gasteiger partial charge in [-0.15, -0.1) is 0 Å². The zero-order valence-corrected chi connectivity index (χ0v) is 10.3. The molecule has 0 spiro atoms. The van der Waals surface area contributed by atoms with Crippen LogP contribution in [-0.2, 0) is 0 Å². The van der Waals surface area contributed by atoms with E-state index in [2.05, 4.69) is 27.3 Å². The van der Waals surface area contributed by atoms with E-state index >= 15 is 0 Å². The summed E-state index contributed by atoms with van der Waals surface area (Å²) in [6.07, 6.45) is 7.24. The van der Waals surface area contributed by atoms with Crippen LogP contribution >= 0.6 is 0 Å². The van der Waals surface area contributed by atoms with Gasteiger partial charge in [-0.3, -0.25) is 0 Å². The maximum Gasteiger partial charge on any atom is 0.128 e. The van der Waals surface area contributed by atoms with Gasteiger partial charge in [0, 0.05) is 18.8 Å². The van der Waals surface area contributed by atoms with Crippen LogP contribution in [0.25, 0.3) is 0 Å². The summed E-state index contributed by atoms with van der Waals surface area (Å²) in [7, 11) is 0. The number of hydrogen-bond acceptors (Lipinski definition) is 3. The SMILES string of the molecule is c1ccc(N(CC2CCNCC2)C2CC2)nc1. The zero-order chi connectivity index (χ0) is 11.5. The molecule has 0 bridgehead atoms. The van der Waals surface area contributed by atoms with Crippen LogP contribution in [0.1, 0.15) is 25.7 Å². The van der Waals surface area contributed by atoms with Crippen molar-refractivity contribution in [2.24, 2.45) is 5.92 Å². The molecule has 17 heavy (non-hydrogen) atoms. The first-order valence-electron chi connectivity index (χ1n) is 6.82. The normalized spacial score (nSPS) is 21.4. The molecule has 1 N–H and O–H groups in total. The van der Waals surface area contributed by atoms with Gasteiger partial charge >= 0.3 is 0 Å². The van der Waals surface area contributed by atoms with Crippen LogP contribution in [0, 0.1) is 5.92 Å². The molecular formula is C14H21N3. The number of hydrogen-bond donors (Lipinski definition) is 1. The average Bonchev–Trinajstić information content (AvgIpc) is 3.23. The van der Waals surface area contributed by atoms with Crippen molar-refractivity contribution >= 4 is 5.82 Å². The first kappa shape index (κ1) is 11.0. The Morgan fingerprint density at radius 3 is 2.65 bits per heavy atom. The van der Waals surface area contributed by atoms with E-state index in [9.17, 15) is 0 Å². The third kappa shape index (κ3) is 2.78. The minimum Gasteiger partial charge on any atom is -0.353 e. The molecule has 3 heteroatoms. The van der Waals surface area contributed by atoms with Crippen LogP contribution in [0.15, 0.2) is 24.4 Å². The quantitative estimate of drug-likeness (QED) is 0.859. The molecule has 2 heterocycles. The van der Waals surface area contributed by atoms with Crippen LogP contribution in [0.3, 0.4) is 0 Å². The van der Waals surface area contributed by atoms with Gasteiger partial charge in [0.2, 0.25) is 0 Å². The summed E-state index contributed by atoms with van der Waals surface area (Å²) in [5.41, 5.74) is 0. The van der Waals surface area contributed by atoms with Gasteiger partial charge in [-0.05, 0) is 56.8 Å². The number of nitrogens with one attached hydrogen (secondary N) is 1. The first-order chi connectivity index (χ1) is 8.43. The van der Waals surface area contributed by atoms with Crippen molar-refractivity contribution in [2.45, 2.75) is 31.7 Å². The summed E-state index contributed by atoms with van der Waals surface area (Å²) in [5, 5.41) is 3.44. The smallest absolute Gasteiger partial charge is 0.128 e. The maximum absolute atomic E-state index is 4.52. The zero-order valence-electron chi connectivity index (χ0n) is 10.3. The highest BCUT2D eigenvalue weighted by Crippen LogP contribution is 2.32. The highest BCUT2D eigenvalue weighted by molar-refractivity contribution is 5.41. The second-order valence-corrected chi connectivity index (χ2v) is 5.26. The summed E-state index contributed by atoms with van der Waals surface area (Å²) < 4.78 is 0. The van der Waals surface area contributed by atoms with Gasteiger partial charge in [0.15, 0.2) is 0 Å². The van der Waals surface area contributed by atoms with Crippen LogP contribution in [0.4, 0.5) is 5.82 Å². The molecule has 2 fully saturated rings. The van der Waals surface area contributed by atoms with Crippen molar-refractivity contribution < 1.29 is 0 Å². The minimum atomic E-state index is 0.764. The predicted octanol–water partition coefficient (Wildman–Crippen LogP) is 2.05. The molecule has 1 saturated carbocycles. The molecule has 1 aromatic rings. The fourth-order valence-corrected chi connectivity index (χ4v) is 2.68. The standard InChI is InChI=1S/C14H21N3/c1-2-8-16-14(3-1)17(13-4-5-13)11-12-6-9-15-10-7-12/h1-3,8,12-13,15H,4-7,9-11H2. The Labute approximate surface area is 103 Å². The molecule has 3 rings (SSSR count). The maximum atomic E-state index is 4.52. The van der Waals surface area contributed by atoms with Gasteiger partial charge in [-0.2, -0.15) is 0 Å². The Hall–Kier alpha value is -1.09. The molecule has 1 aliphatic carbocycles. The molecule has 92 valence electrons. The van der Waals surface area contributed by atoms with E-state index in [0.717, 1.165) is 12.0 Å². The Morgan fingerprint density at radius 1 is 1.18 bits per heavy atom. The van der Waals surface area contributed by atoms with Crippen molar-refractivity contribution in [3.63, 3.8) is 0 Å². The highest BCUT2D eigenvalue weighted by Gasteiger charge is 2.31. The highest BCUT2D eigenvalue weighted by atomic mass is 15.2. The monoisotopic (exact) mass is 231 g/mol. The summed E-state index contributed by atoms with van der Waals surface area (Å²) >= 11 is 0. The van der Waals surface area contributed by atoms with Crippen molar-refractivity contribution in [3.8, 4) is 0 Å². The molecule has 0 radical (unpaired) electrons. The molecular weight excluding hydrogens is 210 g/mol. The van der Waals surface area contributed by atoms with Gasteiger partial charge in [0.1, 0.15) is 5.82 Å². The number of nitrogens with zero attached hydrogens (tertiary/aromatic N) is 2. The summed E-state index contributed by atoms with van der Waals surface area (Å²) in [6, 6.07) is 7.01. The number of piperidine rings is 1. The lowest BCUT2D eigenvalue weighted by molar-refractivity contribution is 0.372. The fourth-order valence-electron chi connectivity index (χ4n) is 2.68. The van der Waals surface area contributed by atoms with E-state index < -0.39 is 0 Å². The van der Waals surface area contributed by atoms with Crippen molar-refractivity contribution in [2.75, 3.05) is 24.5 Å². The molecule has 1 saturated heterocycles. The summed E-state index contributed by atoms with van der Waals surface area (Å²) in [4.78, 5) is 7.05. The van der Waals surface area contributed by atoms with Gasteiger partial charge in [-0.1, -0.05) is 6.07 Å². The van der Waals surface area contributed by atoms with Crippen LogP contribution < -0.4 is 10.2 Å². The topological polar surface area (TPSA) is 28.2 Å². The van der Waals surface area contributed by atoms with E-state index in [4.69, 9.17) is 0 Å². The van der Waals surface area contributed by atoms with Gasteiger partial charge in [0.05, 0.1) is 0 Å². The Kier molecular flexibility index (Phi) is 3.27. The Bertz CT molecular complexity index is 342. The van der Waals surface area contributed by atoms with Gasteiger partial charge < -0.3 is 10.2 Å². The van der Waals surface area contributed by atoms with E-state index in [1.165, 1.54) is 51.1 Å². The van der Waals surface area contributed by atoms with Crippen molar-refractivity contribution in [3.05, 3.63) is 24.4 Å². The van der Waals surface area contributed by atoms with E-state index in [0.29, 0.717) is 0 Å². The fraction of sp³-hybridized carbons (Fsp3) is 0.643. The number of pyridine rings is 1. The number of rotatable bonds is 4. The lowest BCUT2D eigenvalue weighted by Gasteiger charge is -2.31. The molecule has 2 aliphatic rings. The molecule has 1 aliphatic heterocycles. The molecule has 0 atom stereocenters. The third-order valence-corrected chi connectivity index (χ3v) is 3.84. The summed E-state index contributed by atoms with van der Waals surface area (Å²) in [5.74, 6) is 2.02. The largest absolute Gasteiger partial charge is 0.353 e. The minimum absolute atomic E-state index is 0.764. The van der Waals surface area contributed by atoms with E-state index in [1.54, 1.807) is 0 Å². The molecule has 0 aromatic carbocycles.